The van der Waals surface area contributed by atoms with Gasteiger partial charge >= 0.3 is 0 Å². The molecule has 2 saturated carbocycles. The first-order chi connectivity index (χ1) is 20.5. The maximum Gasteiger partial charge on any atom is 0.161 e. The molecule has 4 aliphatic rings. The van der Waals surface area contributed by atoms with E-state index in [1.807, 2.05) is 0 Å². The average molecular weight is 567 g/mol. The van der Waals surface area contributed by atoms with E-state index < -0.39 is 0 Å². The van der Waals surface area contributed by atoms with Crippen LogP contribution in [0.4, 0.5) is 0 Å². The van der Waals surface area contributed by atoms with Gasteiger partial charge in [-0.1, -0.05) is 50.7 Å². The number of benzene rings is 3. The van der Waals surface area contributed by atoms with Crippen molar-refractivity contribution in [1.82, 2.24) is 0 Å². The number of rotatable bonds is 4. The molecule has 222 valence electrons. The van der Waals surface area contributed by atoms with E-state index in [1.54, 1.807) is 28.4 Å². The number of fused-ring (bicyclic) bond motifs is 8. The first-order valence-corrected chi connectivity index (χ1v) is 16.2. The Hall–Kier alpha value is -3.14. The molecule has 4 heteroatoms. The van der Waals surface area contributed by atoms with E-state index in [0.29, 0.717) is 0 Å². The number of hydrogen-bond acceptors (Lipinski definition) is 4. The molecule has 3 aromatic carbocycles. The number of methoxy groups -OCH3 is 4. The van der Waals surface area contributed by atoms with E-state index in [2.05, 4.69) is 36.4 Å². The zero-order valence-electron chi connectivity index (χ0n) is 26.0. The first kappa shape index (κ1) is 27.7. The molecule has 0 radical (unpaired) electrons. The Morgan fingerprint density at radius 2 is 0.762 bits per heavy atom. The summed E-state index contributed by atoms with van der Waals surface area (Å²) in [4.78, 5) is 0. The Morgan fingerprint density at radius 1 is 0.405 bits per heavy atom. The van der Waals surface area contributed by atoms with Gasteiger partial charge in [0.15, 0.2) is 23.0 Å². The highest BCUT2D eigenvalue weighted by atomic mass is 16.5. The fraction of sp³-hybridized carbons (Fsp3) is 0.526. The largest absolute Gasteiger partial charge is 0.493 e. The molecular weight excluding hydrogens is 520 g/mol. The smallest absolute Gasteiger partial charge is 0.161 e. The fourth-order valence-corrected chi connectivity index (χ4v) is 9.20. The third-order valence-corrected chi connectivity index (χ3v) is 11.5. The van der Waals surface area contributed by atoms with Crippen LogP contribution in [0.15, 0.2) is 36.4 Å². The molecule has 0 atom stereocenters. The quantitative estimate of drug-likeness (QED) is 0.315. The van der Waals surface area contributed by atoms with Crippen LogP contribution < -0.4 is 18.9 Å². The van der Waals surface area contributed by atoms with Crippen molar-refractivity contribution in [2.24, 2.45) is 0 Å². The van der Waals surface area contributed by atoms with Gasteiger partial charge in [-0.05, 0) is 131 Å². The molecule has 0 heterocycles. The average Bonchev–Trinajstić information content (AvgIpc) is 3.24. The molecule has 7 rings (SSSR count). The third kappa shape index (κ3) is 4.31. The summed E-state index contributed by atoms with van der Waals surface area (Å²) in [6.07, 6.45) is 17.5. The zero-order chi connectivity index (χ0) is 28.9. The molecule has 0 bridgehead atoms. The predicted molar refractivity (Wildman–Crippen MR) is 170 cm³/mol. The second kappa shape index (κ2) is 10.8. The van der Waals surface area contributed by atoms with E-state index in [-0.39, 0.29) is 10.8 Å². The van der Waals surface area contributed by atoms with Gasteiger partial charge in [0, 0.05) is 0 Å². The Kier molecular flexibility index (Phi) is 7.15. The lowest BCUT2D eigenvalue weighted by molar-refractivity contribution is 0.274. The Balaban J connectivity index is 1.46. The van der Waals surface area contributed by atoms with Crippen molar-refractivity contribution in [2.75, 3.05) is 28.4 Å². The van der Waals surface area contributed by atoms with Gasteiger partial charge < -0.3 is 18.9 Å². The molecule has 2 spiro atoms. The summed E-state index contributed by atoms with van der Waals surface area (Å²) < 4.78 is 23.5. The molecule has 4 aliphatic carbocycles. The molecule has 0 amide bonds. The van der Waals surface area contributed by atoms with E-state index >= 15 is 0 Å². The van der Waals surface area contributed by atoms with Crippen molar-refractivity contribution in [3.63, 3.8) is 0 Å². The van der Waals surface area contributed by atoms with Gasteiger partial charge in [0.25, 0.3) is 0 Å². The zero-order valence-corrected chi connectivity index (χ0v) is 26.0. The van der Waals surface area contributed by atoms with Crippen molar-refractivity contribution in [3.8, 4) is 45.3 Å². The lowest BCUT2D eigenvalue weighted by Gasteiger charge is -2.38. The maximum atomic E-state index is 5.88. The van der Waals surface area contributed by atoms with Gasteiger partial charge in [0.1, 0.15) is 0 Å². The van der Waals surface area contributed by atoms with Crippen LogP contribution in [0.3, 0.4) is 0 Å². The third-order valence-electron chi connectivity index (χ3n) is 11.5. The van der Waals surface area contributed by atoms with Gasteiger partial charge in [0.2, 0.25) is 0 Å². The summed E-state index contributed by atoms with van der Waals surface area (Å²) in [7, 11) is 7.06. The van der Waals surface area contributed by atoms with E-state index in [0.717, 1.165) is 35.8 Å². The lowest BCUT2D eigenvalue weighted by Crippen LogP contribution is -2.29. The van der Waals surface area contributed by atoms with Gasteiger partial charge in [-0.2, -0.15) is 0 Å². The molecular formula is C38H46O4. The van der Waals surface area contributed by atoms with Gasteiger partial charge in [-0.3, -0.25) is 0 Å². The highest BCUT2D eigenvalue weighted by Gasteiger charge is 2.41. The normalized spacial score (nSPS) is 19.9. The van der Waals surface area contributed by atoms with Crippen LogP contribution >= 0.6 is 0 Å². The van der Waals surface area contributed by atoms with Crippen LogP contribution in [0.1, 0.15) is 99.3 Å². The summed E-state index contributed by atoms with van der Waals surface area (Å²) >= 11 is 0. The fourth-order valence-electron chi connectivity index (χ4n) is 9.20. The number of hydrogen-bond donors (Lipinski definition) is 0. The Bertz CT molecular complexity index is 1380. The van der Waals surface area contributed by atoms with Crippen LogP contribution in [0, 0.1) is 0 Å². The molecule has 0 aromatic heterocycles. The second-order valence-electron chi connectivity index (χ2n) is 13.4. The van der Waals surface area contributed by atoms with Gasteiger partial charge in [-0.25, -0.2) is 0 Å². The van der Waals surface area contributed by atoms with Crippen LogP contribution in [0.5, 0.6) is 23.0 Å². The number of ether oxygens (including phenoxy) is 4. The molecule has 0 saturated heterocycles. The Morgan fingerprint density at radius 3 is 1.12 bits per heavy atom. The van der Waals surface area contributed by atoms with Crippen LogP contribution in [0.2, 0.25) is 0 Å². The predicted octanol–water partition coefficient (Wildman–Crippen LogP) is 9.35. The molecule has 4 nitrogen and oxygen atoms in total. The van der Waals surface area contributed by atoms with Crippen molar-refractivity contribution in [1.29, 1.82) is 0 Å². The van der Waals surface area contributed by atoms with E-state index in [9.17, 15) is 0 Å². The standard InChI is InChI=1S/C38H46O4/c1-39-33-21-29-27-19-26-12-18-38(15-9-6-10-16-38)32-24-36(42-4)34(40-2)22-30(32)28(26)20-25(27)11-17-37(13-7-5-8-14-37)31(29)23-35(33)41-3/h19-24H,5-18H2,1-4H3. The summed E-state index contributed by atoms with van der Waals surface area (Å²) in [5.41, 5.74) is 11.8. The summed E-state index contributed by atoms with van der Waals surface area (Å²) in [5, 5.41) is 0. The van der Waals surface area contributed by atoms with Gasteiger partial charge in [0.05, 0.1) is 28.4 Å². The van der Waals surface area contributed by atoms with Crippen molar-refractivity contribution >= 4 is 0 Å². The summed E-state index contributed by atoms with van der Waals surface area (Å²) in [6.45, 7) is 0. The summed E-state index contributed by atoms with van der Waals surface area (Å²) in [5.74, 6) is 3.36. The van der Waals surface area contributed by atoms with Crippen molar-refractivity contribution < 1.29 is 18.9 Å². The van der Waals surface area contributed by atoms with E-state index in [1.165, 1.54) is 122 Å². The molecule has 0 N–H and O–H groups in total. The topological polar surface area (TPSA) is 36.9 Å². The molecule has 42 heavy (non-hydrogen) atoms. The highest BCUT2D eigenvalue weighted by molar-refractivity contribution is 5.84. The summed E-state index contributed by atoms with van der Waals surface area (Å²) in [6, 6.07) is 14.3. The second-order valence-corrected chi connectivity index (χ2v) is 13.4. The van der Waals surface area contributed by atoms with Gasteiger partial charge in [-0.15, -0.1) is 0 Å². The highest BCUT2D eigenvalue weighted by Crippen LogP contribution is 2.56. The number of aryl methyl sites for hydroxylation is 2. The first-order valence-electron chi connectivity index (χ1n) is 16.2. The maximum absolute atomic E-state index is 5.88. The minimum Gasteiger partial charge on any atom is -0.493 e. The molecule has 2 fully saturated rings. The van der Waals surface area contributed by atoms with Crippen molar-refractivity contribution in [2.45, 2.75) is 101 Å². The van der Waals surface area contributed by atoms with Crippen LogP contribution in [-0.2, 0) is 23.7 Å². The molecule has 0 aliphatic heterocycles. The minimum atomic E-state index is 0.199. The molecule has 3 aromatic rings. The van der Waals surface area contributed by atoms with E-state index in [4.69, 9.17) is 18.9 Å². The lowest BCUT2D eigenvalue weighted by atomic mass is 9.66. The van der Waals surface area contributed by atoms with Crippen LogP contribution in [-0.4, -0.2) is 28.4 Å². The SMILES string of the molecule is COc1cc2c(cc1OC)C1(CCCCC1)CCc1cc3c(cc1-2)CCC1(CCCCC1)c1cc(OC)c(OC)cc1-3. The minimum absolute atomic E-state index is 0.199. The van der Waals surface area contributed by atoms with Crippen molar-refractivity contribution in [3.05, 3.63) is 58.7 Å². The Labute approximate surface area is 251 Å². The molecule has 0 unspecified atom stereocenters. The monoisotopic (exact) mass is 566 g/mol. The van der Waals surface area contributed by atoms with Crippen LogP contribution in [0.25, 0.3) is 22.3 Å².